The van der Waals surface area contributed by atoms with Crippen molar-refractivity contribution in [3.8, 4) is 0 Å². The van der Waals surface area contributed by atoms with Crippen molar-refractivity contribution < 1.29 is 13.9 Å². The molecular weight excluding hydrogens is 279 g/mol. The van der Waals surface area contributed by atoms with Crippen LogP contribution in [0.1, 0.15) is 17.4 Å². The summed E-state index contributed by atoms with van der Waals surface area (Å²) in [6.45, 7) is 0. The Bertz CT molecular complexity index is 751. The number of furan rings is 1. The highest BCUT2D eigenvalue weighted by Gasteiger charge is 2.15. The Balaban J connectivity index is 1.89. The highest BCUT2D eigenvalue weighted by molar-refractivity contribution is 6.30. The molecule has 1 heterocycles. The lowest BCUT2D eigenvalue weighted by Gasteiger charge is -2.07. The van der Waals surface area contributed by atoms with Gasteiger partial charge in [0.15, 0.2) is 11.4 Å². The molecule has 1 N–H and O–H groups in total. The molecule has 0 spiro atoms. The summed E-state index contributed by atoms with van der Waals surface area (Å²) in [5, 5.41) is 11.5. The number of fused-ring (bicyclic) bond motifs is 1. The molecule has 4 heteroatoms. The molecule has 0 radical (unpaired) electrons. The summed E-state index contributed by atoms with van der Waals surface area (Å²) < 4.78 is 19.0. The lowest BCUT2D eigenvalue weighted by molar-refractivity contribution is 0.152. The monoisotopic (exact) mass is 290 g/mol. The Morgan fingerprint density at radius 2 is 1.95 bits per heavy atom. The molecule has 0 aliphatic rings. The first-order chi connectivity index (χ1) is 9.63. The lowest BCUT2D eigenvalue weighted by Crippen LogP contribution is -2.00. The van der Waals surface area contributed by atoms with E-state index in [1.54, 1.807) is 30.3 Å². The second kappa shape index (κ2) is 5.27. The molecule has 2 nitrogen and oxygen atoms in total. The average Bonchev–Trinajstić information content (AvgIpc) is 2.84. The van der Waals surface area contributed by atoms with Crippen molar-refractivity contribution >= 4 is 22.6 Å². The van der Waals surface area contributed by atoms with Crippen molar-refractivity contribution in [2.75, 3.05) is 0 Å². The number of rotatable bonds is 3. The number of hydrogen-bond donors (Lipinski definition) is 1. The second-order valence-corrected chi connectivity index (χ2v) is 5.09. The van der Waals surface area contributed by atoms with Crippen LogP contribution in [0, 0.1) is 5.82 Å². The van der Waals surface area contributed by atoms with Crippen molar-refractivity contribution in [2.45, 2.75) is 12.5 Å². The van der Waals surface area contributed by atoms with E-state index in [4.69, 9.17) is 16.0 Å². The van der Waals surface area contributed by atoms with E-state index in [0.29, 0.717) is 22.6 Å². The minimum absolute atomic E-state index is 0.174. The molecule has 3 aromatic rings. The molecule has 20 heavy (non-hydrogen) atoms. The molecule has 3 rings (SSSR count). The number of hydrogen-bond acceptors (Lipinski definition) is 2. The third kappa shape index (κ3) is 2.55. The predicted molar refractivity (Wildman–Crippen MR) is 76.3 cm³/mol. The summed E-state index contributed by atoms with van der Waals surface area (Å²) in [4.78, 5) is 0. The molecule has 1 aromatic heterocycles. The van der Waals surface area contributed by atoms with Gasteiger partial charge in [-0.25, -0.2) is 4.39 Å². The van der Waals surface area contributed by atoms with E-state index in [0.717, 1.165) is 5.56 Å². The maximum Gasteiger partial charge on any atom is 0.170 e. The van der Waals surface area contributed by atoms with Crippen LogP contribution >= 0.6 is 11.6 Å². The van der Waals surface area contributed by atoms with Crippen LogP contribution in [0.5, 0.6) is 0 Å². The van der Waals surface area contributed by atoms with Crippen LogP contribution in [0.4, 0.5) is 4.39 Å². The van der Waals surface area contributed by atoms with Crippen molar-refractivity contribution in [3.05, 3.63) is 70.7 Å². The molecular formula is C16H12ClFO2. The number of halogens is 2. The van der Waals surface area contributed by atoms with Gasteiger partial charge < -0.3 is 9.52 Å². The standard InChI is InChI=1S/C16H12ClFO2/c17-12-5-1-3-10(7-12)8-14(19)15-9-11-4-2-6-13(18)16(11)20-15/h1-7,9,14,19H,8H2. The first kappa shape index (κ1) is 13.2. The molecule has 0 fully saturated rings. The zero-order valence-electron chi connectivity index (χ0n) is 10.5. The molecule has 0 aliphatic carbocycles. The molecule has 1 unspecified atom stereocenters. The first-order valence-corrected chi connectivity index (χ1v) is 6.62. The third-order valence-corrected chi connectivity index (χ3v) is 3.40. The SMILES string of the molecule is OC(Cc1cccc(Cl)c1)c1cc2cccc(F)c2o1. The fourth-order valence-electron chi connectivity index (χ4n) is 2.20. The van der Waals surface area contributed by atoms with Crippen LogP contribution in [0.25, 0.3) is 11.0 Å². The van der Waals surface area contributed by atoms with E-state index in [-0.39, 0.29) is 5.58 Å². The zero-order valence-corrected chi connectivity index (χ0v) is 11.3. The van der Waals surface area contributed by atoms with Crippen molar-refractivity contribution in [3.63, 3.8) is 0 Å². The van der Waals surface area contributed by atoms with E-state index in [1.807, 2.05) is 12.1 Å². The van der Waals surface area contributed by atoms with E-state index in [1.165, 1.54) is 6.07 Å². The summed E-state index contributed by atoms with van der Waals surface area (Å²) in [5.74, 6) is -0.0752. The van der Waals surface area contributed by atoms with Crippen LogP contribution in [0.2, 0.25) is 5.02 Å². The van der Waals surface area contributed by atoms with E-state index < -0.39 is 11.9 Å². The predicted octanol–water partition coefficient (Wildman–Crippen LogP) is 4.50. The van der Waals surface area contributed by atoms with Gasteiger partial charge in [0, 0.05) is 16.8 Å². The largest absolute Gasteiger partial charge is 0.455 e. The Hall–Kier alpha value is -1.84. The Morgan fingerprint density at radius 3 is 2.70 bits per heavy atom. The third-order valence-electron chi connectivity index (χ3n) is 3.16. The van der Waals surface area contributed by atoms with Gasteiger partial charge in [0.25, 0.3) is 0 Å². The lowest BCUT2D eigenvalue weighted by atomic mass is 10.1. The second-order valence-electron chi connectivity index (χ2n) is 4.66. The van der Waals surface area contributed by atoms with Gasteiger partial charge in [-0.3, -0.25) is 0 Å². The smallest absolute Gasteiger partial charge is 0.170 e. The topological polar surface area (TPSA) is 33.4 Å². The number of benzene rings is 2. The molecule has 0 bridgehead atoms. The summed E-state index contributed by atoms with van der Waals surface area (Å²) in [5.41, 5.74) is 1.07. The highest BCUT2D eigenvalue weighted by Crippen LogP contribution is 2.28. The van der Waals surface area contributed by atoms with Gasteiger partial charge in [-0.05, 0) is 29.8 Å². The summed E-state index contributed by atoms with van der Waals surface area (Å²) in [6.07, 6.45) is -0.470. The van der Waals surface area contributed by atoms with Crippen LogP contribution in [-0.4, -0.2) is 5.11 Å². The van der Waals surface area contributed by atoms with Gasteiger partial charge >= 0.3 is 0 Å². The fraction of sp³-hybridized carbons (Fsp3) is 0.125. The highest BCUT2D eigenvalue weighted by atomic mass is 35.5. The minimum atomic E-state index is -0.833. The Kier molecular flexibility index (Phi) is 3.47. The first-order valence-electron chi connectivity index (χ1n) is 6.24. The van der Waals surface area contributed by atoms with Crippen LogP contribution in [0.3, 0.4) is 0 Å². The fourth-order valence-corrected chi connectivity index (χ4v) is 2.41. The molecule has 0 saturated carbocycles. The Labute approximate surface area is 120 Å². The van der Waals surface area contributed by atoms with Gasteiger partial charge in [-0.15, -0.1) is 0 Å². The van der Waals surface area contributed by atoms with Crippen molar-refractivity contribution in [1.29, 1.82) is 0 Å². The zero-order chi connectivity index (χ0) is 14.1. The number of aliphatic hydroxyl groups excluding tert-OH is 1. The quantitative estimate of drug-likeness (QED) is 0.770. The molecule has 102 valence electrons. The van der Waals surface area contributed by atoms with Crippen LogP contribution < -0.4 is 0 Å². The van der Waals surface area contributed by atoms with Crippen LogP contribution in [-0.2, 0) is 6.42 Å². The van der Waals surface area contributed by atoms with Gasteiger partial charge in [0.05, 0.1) is 0 Å². The van der Waals surface area contributed by atoms with Gasteiger partial charge in [-0.1, -0.05) is 35.9 Å². The molecule has 0 aliphatic heterocycles. The molecule has 2 aromatic carbocycles. The van der Waals surface area contributed by atoms with E-state index in [2.05, 4.69) is 0 Å². The van der Waals surface area contributed by atoms with Gasteiger partial charge in [-0.2, -0.15) is 0 Å². The molecule has 0 amide bonds. The van der Waals surface area contributed by atoms with Crippen molar-refractivity contribution in [1.82, 2.24) is 0 Å². The summed E-state index contributed by atoms with van der Waals surface area (Å²) in [6, 6.07) is 13.6. The summed E-state index contributed by atoms with van der Waals surface area (Å²) >= 11 is 5.90. The molecule has 1 atom stereocenters. The number of aliphatic hydroxyl groups is 1. The van der Waals surface area contributed by atoms with Gasteiger partial charge in [0.1, 0.15) is 11.9 Å². The van der Waals surface area contributed by atoms with Crippen LogP contribution in [0.15, 0.2) is 52.9 Å². The maximum atomic E-state index is 13.5. The van der Waals surface area contributed by atoms with Gasteiger partial charge in [0.2, 0.25) is 0 Å². The molecule has 0 saturated heterocycles. The Morgan fingerprint density at radius 1 is 1.15 bits per heavy atom. The summed E-state index contributed by atoms with van der Waals surface area (Å²) in [7, 11) is 0. The average molecular weight is 291 g/mol. The van der Waals surface area contributed by atoms with Crippen molar-refractivity contribution in [2.24, 2.45) is 0 Å². The normalized spacial score (nSPS) is 12.8. The van der Waals surface area contributed by atoms with E-state index >= 15 is 0 Å². The van der Waals surface area contributed by atoms with E-state index in [9.17, 15) is 9.50 Å². The maximum absolute atomic E-state index is 13.5. The number of para-hydroxylation sites is 1. The minimum Gasteiger partial charge on any atom is -0.455 e.